The molecule has 1 rings (SSSR count). The van der Waals surface area contributed by atoms with E-state index < -0.39 is 5.60 Å². The quantitative estimate of drug-likeness (QED) is 0.741. The van der Waals surface area contributed by atoms with Crippen molar-refractivity contribution in [1.82, 2.24) is 4.90 Å². The minimum Gasteiger partial charge on any atom is -0.394 e. The summed E-state index contributed by atoms with van der Waals surface area (Å²) < 4.78 is 10.7. The normalized spacial score (nSPS) is 24.5. The van der Waals surface area contributed by atoms with Crippen molar-refractivity contribution in [2.45, 2.75) is 32.5 Å². The smallest absolute Gasteiger partial charge is 0.248 e. The third-order valence-corrected chi connectivity index (χ3v) is 2.47. The molecule has 94 valence electrons. The highest BCUT2D eigenvalue weighted by molar-refractivity contribution is 5.77. The van der Waals surface area contributed by atoms with E-state index in [1.165, 1.54) is 0 Å². The van der Waals surface area contributed by atoms with Crippen LogP contribution in [0.5, 0.6) is 0 Å². The number of ether oxygens (including phenoxy) is 2. The van der Waals surface area contributed by atoms with Crippen LogP contribution in [0.25, 0.3) is 0 Å². The molecule has 5 heteroatoms. The largest absolute Gasteiger partial charge is 0.394 e. The lowest BCUT2D eigenvalue weighted by Gasteiger charge is -2.42. The van der Waals surface area contributed by atoms with Gasteiger partial charge in [0.15, 0.2) is 0 Å². The molecule has 0 spiro atoms. The molecule has 1 saturated heterocycles. The first-order valence-electron chi connectivity index (χ1n) is 5.62. The molecule has 1 heterocycles. The average Bonchev–Trinajstić information content (AvgIpc) is 2.23. The van der Waals surface area contributed by atoms with Crippen molar-refractivity contribution in [3.05, 3.63) is 0 Å². The standard InChI is InChI=1S/C11H21NO4/c1-4-15-7-10(14)12-5-9(6-13)16-11(2,3)8-12/h9,13H,4-8H2,1-3H3. The molecular formula is C11H21NO4. The lowest BCUT2D eigenvalue weighted by molar-refractivity contribution is -0.169. The Bertz CT molecular complexity index is 242. The molecule has 0 aromatic carbocycles. The molecule has 16 heavy (non-hydrogen) atoms. The van der Waals surface area contributed by atoms with Crippen LogP contribution >= 0.6 is 0 Å². The number of hydrogen-bond donors (Lipinski definition) is 1. The first-order valence-corrected chi connectivity index (χ1v) is 5.62. The summed E-state index contributed by atoms with van der Waals surface area (Å²) in [6, 6.07) is 0. The summed E-state index contributed by atoms with van der Waals surface area (Å²) in [6.07, 6.45) is -0.297. The molecule has 1 unspecified atom stereocenters. The van der Waals surface area contributed by atoms with Crippen LogP contribution in [0.15, 0.2) is 0 Å². The van der Waals surface area contributed by atoms with Gasteiger partial charge in [0, 0.05) is 19.7 Å². The number of carbonyl (C=O) groups is 1. The molecular weight excluding hydrogens is 210 g/mol. The van der Waals surface area contributed by atoms with Crippen LogP contribution in [-0.2, 0) is 14.3 Å². The van der Waals surface area contributed by atoms with Gasteiger partial charge >= 0.3 is 0 Å². The average molecular weight is 231 g/mol. The van der Waals surface area contributed by atoms with Crippen LogP contribution in [-0.4, -0.2) is 60.5 Å². The van der Waals surface area contributed by atoms with E-state index in [1.54, 1.807) is 4.90 Å². The molecule has 0 radical (unpaired) electrons. The number of nitrogens with zero attached hydrogens (tertiary/aromatic N) is 1. The zero-order chi connectivity index (χ0) is 12.2. The zero-order valence-corrected chi connectivity index (χ0v) is 10.2. The second-order valence-electron chi connectivity index (χ2n) is 4.59. The maximum Gasteiger partial charge on any atom is 0.248 e. The second-order valence-corrected chi connectivity index (χ2v) is 4.59. The predicted octanol–water partition coefficient (Wildman–Crippen LogP) is 0.0212. The van der Waals surface area contributed by atoms with Crippen LogP contribution in [0.1, 0.15) is 20.8 Å². The highest BCUT2D eigenvalue weighted by atomic mass is 16.5. The van der Waals surface area contributed by atoms with Gasteiger partial charge in [0.25, 0.3) is 0 Å². The van der Waals surface area contributed by atoms with Crippen molar-refractivity contribution in [2.24, 2.45) is 0 Å². The van der Waals surface area contributed by atoms with E-state index in [9.17, 15) is 4.79 Å². The zero-order valence-electron chi connectivity index (χ0n) is 10.2. The van der Waals surface area contributed by atoms with Gasteiger partial charge in [-0.05, 0) is 20.8 Å². The number of aliphatic hydroxyl groups is 1. The summed E-state index contributed by atoms with van der Waals surface area (Å²) in [4.78, 5) is 13.5. The SMILES string of the molecule is CCOCC(=O)N1CC(CO)OC(C)(C)C1. The van der Waals surface area contributed by atoms with Gasteiger partial charge < -0.3 is 19.5 Å². The van der Waals surface area contributed by atoms with Gasteiger partial charge in [-0.25, -0.2) is 0 Å². The monoisotopic (exact) mass is 231 g/mol. The summed E-state index contributed by atoms with van der Waals surface area (Å²) >= 11 is 0. The van der Waals surface area contributed by atoms with Gasteiger partial charge in [0.05, 0.1) is 18.3 Å². The third kappa shape index (κ3) is 3.73. The molecule has 0 saturated carbocycles. The van der Waals surface area contributed by atoms with E-state index in [4.69, 9.17) is 14.6 Å². The number of aliphatic hydroxyl groups excluding tert-OH is 1. The van der Waals surface area contributed by atoms with Crippen LogP contribution in [0, 0.1) is 0 Å². The molecule has 1 fully saturated rings. The van der Waals surface area contributed by atoms with E-state index in [0.717, 1.165) is 0 Å². The fourth-order valence-corrected chi connectivity index (χ4v) is 1.86. The molecule has 1 N–H and O–H groups in total. The highest BCUT2D eigenvalue weighted by Gasteiger charge is 2.35. The lowest BCUT2D eigenvalue weighted by atomic mass is 10.1. The van der Waals surface area contributed by atoms with E-state index >= 15 is 0 Å². The van der Waals surface area contributed by atoms with E-state index in [1.807, 2.05) is 20.8 Å². The first kappa shape index (κ1) is 13.4. The van der Waals surface area contributed by atoms with Gasteiger partial charge in [0.1, 0.15) is 6.61 Å². The Balaban J connectivity index is 2.55. The number of hydrogen-bond acceptors (Lipinski definition) is 4. The Morgan fingerprint density at radius 1 is 1.62 bits per heavy atom. The van der Waals surface area contributed by atoms with Crippen molar-refractivity contribution in [2.75, 3.05) is 32.9 Å². The van der Waals surface area contributed by atoms with Crippen LogP contribution in [0.3, 0.4) is 0 Å². The molecule has 0 aromatic heterocycles. The van der Waals surface area contributed by atoms with Crippen LogP contribution in [0.2, 0.25) is 0 Å². The van der Waals surface area contributed by atoms with Crippen molar-refractivity contribution >= 4 is 5.91 Å². The summed E-state index contributed by atoms with van der Waals surface area (Å²) in [5.41, 5.74) is -0.409. The van der Waals surface area contributed by atoms with Crippen LogP contribution < -0.4 is 0 Å². The minimum atomic E-state index is -0.409. The highest BCUT2D eigenvalue weighted by Crippen LogP contribution is 2.20. The van der Waals surface area contributed by atoms with E-state index in [-0.39, 0.29) is 25.2 Å². The Hall–Kier alpha value is -0.650. The first-order chi connectivity index (χ1) is 7.48. The number of carbonyl (C=O) groups excluding carboxylic acids is 1. The fourth-order valence-electron chi connectivity index (χ4n) is 1.86. The second kappa shape index (κ2) is 5.61. The van der Waals surface area contributed by atoms with Crippen molar-refractivity contribution in [3.8, 4) is 0 Å². The molecule has 1 aliphatic rings. The van der Waals surface area contributed by atoms with Gasteiger partial charge in [0.2, 0.25) is 5.91 Å². The lowest BCUT2D eigenvalue weighted by Crippen LogP contribution is -2.56. The Morgan fingerprint density at radius 2 is 2.31 bits per heavy atom. The van der Waals surface area contributed by atoms with Gasteiger partial charge in [-0.3, -0.25) is 4.79 Å². The summed E-state index contributed by atoms with van der Waals surface area (Å²) in [5, 5.41) is 9.10. The third-order valence-electron chi connectivity index (χ3n) is 2.47. The fraction of sp³-hybridized carbons (Fsp3) is 0.909. The molecule has 5 nitrogen and oxygen atoms in total. The summed E-state index contributed by atoms with van der Waals surface area (Å²) in [6.45, 7) is 7.22. The number of rotatable bonds is 4. The number of amides is 1. The molecule has 1 aliphatic heterocycles. The van der Waals surface area contributed by atoms with E-state index in [0.29, 0.717) is 19.7 Å². The minimum absolute atomic E-state index is 0.0447. The Kier molecular flexibility index (Phi) is 4.70. The molecule has 0 aliphatic carbocycles. The van der Waals surface area contributed by atoms with Gasteiger partial charge in [-0.15, -0.1) is 0 Å². The summed E-state index contributed by atoms with van der Waals surface area (Å²) in [5.74, 6) is -0.0447. The van der Waals surface area contributed by atoms with Crippen LogP contribution in [0.4, 0.5) is 0 Å². The van der Waals surface area contributed by atoms with Crippen molar-refractivity contribution in [3.63, 3.8) is 0 Å². The summed E-state index contributed by atoms with van der Waals surface area (Å²) in [7, 11) is 0. The number of morpholine rings is 1. The maximum absolute atomic E-state index is 11.8. The van der Waals surface area contributed by atoms with Gasteiger partial charge in [-0.2, -0.15) is 0 Å². The molecule has 0 bridgehead atoms. The molecule has 0 aromatic rings. The van der Waals surface area contributed by atoms with Crippen molar-refractivity contribution in [1.29, 1.82) is 0 Å². The maximum atomic E-state index is 11.8. The van der Waals surface area contributed by atoms with Gasteiger partial charge in [-0.1, -0.05) is 0 Å². The predicted molar refractivity (Wildman–Crippen MR) is 59.1 cm³/mol. The van der Waals surface area contributed by atoms with Crippen molar-refractivity contribution < 1.29 is 19.4 Å². The molecule has 1 atom stereocenters. The Labute approximate surface area is 96.3 Å². The Morgan fingerprint density at radius 3 is 2.88 bits per heavy atom. The topological polar surface area (TPSA) is 59.0 Å². The van der Waals surface area contributed by atoms with E-state index in [2.05, 4.69) is 0 Å². The molecule has 1 amide bonds.